The molecule has 16 heavy (non-hydrogen) atoms. The molecule has 1 aromatic rings. The van der Waals surface area contributed by atoms with Crippen molar-refractivity contribution in [3.63, 3.8) is 0 Å². The molecule has 0 heterocycles. The van der Waals surface area contributed by atoms with E-state index >= 15 is 0 Å². The average Bonchev–Trinajstić information content (AvgIpc) is 1.97. The summed E-state index contributed by atoms with van der Waals surface area (Å²) in [5.41, 5.74) is 0.427. The summed E-state index contributed by atoms with van der Waals surface area (Å²) in [7, 11) is -4.24. The van der Waals surface area contributed by atoms with E-state index in [-0.39, 0.29) is 10.6 Å². The fourth-order valence-electron chi connectivity index (χ4n) is 1.55. The molecule has 0 aliphatic rings. The Bertz CT molecular complexity index is 510. The monoisotopic (exact) mass is 244 g/mol. The molecular weight excluding hydrogens is 228 g/mol. The minimum absolute atomic E-state index is 0.0393. The van der Waals surface area contributed by atoms with Crippen LogP contribution in [-0.2, 0) is 15.5 Å². The van der Waals surface area contributed by atoms with E-state index in [0.717, 1.165) is 0 Å². The predicted octanol–water partition coefficient (Wildman–Crippen LogP) is 2.24. The van der Waals surface area contributed by atoms with Gasteiger partial charge in [0.1, 0.15) is 5.75 Å². The molecular formula is C11H16O4S. The van der Waals surface area contributed by atoms with E-state index in [1.54, 1.807) is 0 Å². The third-order valence-electron chi connectivity index (χ3n) is 2.38. The number of phenols is 1. The standard InChI is InChI=1S/C11H16O4S/c1-7-5-9(12)8(11(2,3)4)6-10(7)16(13,14)15/h5-6,12H,1-4H3,(H,13,14,15). The number of rotatable bonds is 1. The fraction of sp³-hybridized carbons (Fsp3) is 0.455. The van der Waals surface area contributed by atoms with Crippen molar-refractivity contribution in [2.24, 2.45) is 0 Å². The van der Waals surface area contributed by atoms with E-state index in [0.29, 0.717) is 11.1 Å². The number of aryl methyl sites for hydroxylation is 1. The fourth-order valence-corrected chi connectivity index (χ4v) is 2.28. The van der Waals surface area contributed by atoms with Gasteiger partial charge in [0.15, 0.2) is 0 Å². The van der Waals surface area contributed by atoms with Crippen molar-refractivity contribution >= 4 is 10.1 Å². The lowest BCUT2D eigenvalue weighted by atomic mass is 9.86. The Labute approximate surface area is 95.7 Å². The molecule has 0 atom stereocenters. The van der Waals surface area contributed by atoms with Gasteiger partial charge in [0, 0.05) is 5.56 Å². The van der Waals surface area contributed by atoms with E-state index in [1.165, 1.54) is 19.1 Å². The number of benzene rings is 1. The highest BCUT2D eigenvalue weighted by Gasteiger charge is 2.23. The van der Waals surface area contributed by atoms with Crippen molar-refractivity contribution < 1.29 is 18.1 Å². The molecule has 1 rings (SSSR count). The number of hydrogen-bond acceptors (Lipinski definition) is 3. The molecule has 0 amide bonds. The van der Waals surface area contributed by atoms with Crippen LogP contribution in [-0.4, -0.2) is 18.1 Å². The normalized spacial score (nSPS) is 12.8. The molecule has 0 saturated heterocycles. The lowest BCUT2D eigenvalue weighted by Gasteiger charge is -2.21. The van der Waals surface area contributed by atoms with E-state index in [2.05, 4.69) is 0 Å². The first-order valence-corrected chi connectivity index (χ1v) is 6.29. The molecule has 0 aromatic heterocycles. The molecule has 5 heteroatoms. The van der Waals surface area contributed by atoms with Gasteiger partial charge in [-0.2, -0.15) is 8.42 Å². The van der Waals surface area contributed by atoms with Crippen molar-refractivity contribution in [1.82, 2.24) is 0 Å². The van der Waals surface area contributed by atoms with Gasteiger partial charge in [-0.25, -0.2) is 0 Å². The summed E-state index contributed by atoms with van der Waals surface area (Å²) >= 11 is 0. The van der Waals surface area contributed by atoms with Crippen LogP contribution in [0.15, 0.2) is 17.0 Å². The van der Waals surface area contributed by atoms with Crippen LogP contribution in [0.1, 0.15) is 31.9 Å². The van der Waals surface area contributed by atoms with Crippen LogP contribution in [0.5, 0.6) is 5.75 Å². The Kier molecular flexibility index (Phi) is 3.04. The van der Waals surface area contributed by atoms with Gasteiger partial charge in [0.05, 0.1) is 4.90 Å². The minimum Gasteiger partial charge on any atom is -0.508 e. The van der Waals surface area contributed by atoms with Crippen molar-refractivity contribution in [2.45, 2.75) is 38.0 Å². The van der Waals surface area contributed by atoms with Gasteiger partial charge in [0.25, 0.3) is 10.1 Å². The summed E-state index contributed by atoms with van der Waals surface area (Å²) in [6.07, 6.45) is 0. The number of hydrogen-bond donors (Lipinski definition) is 2. The van der Waals surface area contributed by atoms with Crippen LogP contribution in [0.2, 0.25) is 0 Å². The van der Waals surface area contributed by atoms with Gasteiger partial charge in [0.2, 0.25) is 0 Å². The second-order valence-corrected chi connectivity index (χ2v) is 6.25. The second kappa shape index (κ2) is 3.75. The molecule has 1 aromatic carbocycles. The third kappa shape index (κ3) is 2.54. The average molecular weight is 244 g/mol. The van der Waals surface area contributed by atoms with E-state index in [9.17, 15) is 13.5 Å². The van der Waals surface area contributed by atoms with Crippen LogP contribution < -0.4 is 0 Å². The van der Waals surface area contributed by atoms with E-state index in [4.69, 9.17) is 4.55 Å². The minimum atomic E-state index is -4.24. The quantitative estimate of drug-likeness (QED) is 0.743. The maximum absolute atomic E-state index is 11.1. The Morgan fingerprint density at radius 3 is 2.06 bits per heavy atom. The summed E-state index contributed by atoms with van der Waals surface area (Å²) in [5, 5.41) is 9.74. The number of aromatic hydroxyl groups is 1. The van der Waals surface area contributed by atoms with Gasteiger partial charge < -0.3 is 5.11 Å². The van der Waals surface area contributed by atoms with Crippen molar-refractivity contribution in [3.05, 3.63) is 23.3 Å². The van der Waals surface area contributed by atoms with Crippen molar-refractivity contribution in [2.75, 3.05) is 0 Å². The van der Waals surface area contributed by atoms with Crippen LogP contribution in [0, 0.1) is 6.92 Å². The van der Waals surface area contributed by atoms with Gasteiger partial charge in [-0.05, 0) is 30.0 Å². The lowest BCUT2D eigenvalue weighted by Crippen LogP contribution is -2.13. The molecule has 0 spiro atoms. The molecule has 0 radical (unpaired) electrons. The summed E-state index contributed by atoms with van der Waals surface area (Å²) in [6, 6.07) is 2.67. The van der Waals surface area contributed by atoms with E-state index in [1.807, 2.05) is 20.8 Å². The van der Waals surface area contributed by atoms with Gasteiger partial charge in [-0.15, -0.1) is 0 Å². The molecule has 0 bridgehead atoms. The highest BCUT2D eigenvalue weighted by molar-refractivity contribution is 7.85. The lowest BCUT2D eigenvalue weighted by molar-refractivity contribution is 0.444. The molecule has 0 aliphatic heterocycles. The summed E-state index contributed by atoms with van der Waals surface area (Å²) in [4.78, 5) is -0.157. The molecule has 0 fully saturated rings. The second-order valence-electron chi connectivity index (χ2n) is 4.86. The highest BCUT2D eigenvalue weighted by atomic mass is 32.2. The topological polar surface area (TPSA) is 74.6 Å². The SMILES string of the molecule is Cc1cc(O)c(C(C)(C)C)cc1S(=O)(=O)O. The molecule has 4 nitrogen and oxygen atoms in total. The zero-order chi connectivity index (χ0) is 12.7. The van der Waals surface area contributed by atoms with Crippen molar-refractivity contribution in [3.8, 4) is 5.75 Å². The molecule has 0 unspecified atom stereocenters. The summed E-state index contributed by atoms with van der Waals surface area (Å²) in [5.74, 6) is 0.0393. The Balaban J connectivity index is 3.58. The molecule has 90 valence electrons. The van der Waals surface area contributed by atoms with Crippen LogP contribution >= 0.6 is 0 Å². The van der Waals surface area contributed by atoms with Gasteiger partial charge >= 0.3 is 0 Å². The third-order valence-corrected chi connectivity index (χ3v) is 3.37. The first-order valence-electron chi connectivity index (χ1n) is 4.85. The zero-order valence-electron chi connectivity index (χ0n) is 9.77. The smallest absolute Gasteiger partial charge is 0.294 e. The van der Waals surface area contributed by atoms with E-state index < -0.39 is 15.5 Å². The zero-order valence-corrected chi connectivity index (χ0v) is 10.6. The Morgan fingerprint density at radius 2 is 1.69 bits per heavy atom. The van der Waals surface area contributed by atoms with Crippen molar-refractivity contribution in [1.29, 1.82) is 0 Å². The van der Waals surface area contributed by atoms with Gasteiger partial charge in [-0.1, -0.05) is 20.8 Å². The van der Waals surface area contributed by atoms with Crippen LogP contribution in [0.25, 0.3) is 0 Å². The first-order chi connectivity index (χ1) is 7.03. The molecule has 2 N–H and O–H groups in total. The molecule has 0 aliphatic carbocycles. The Hall–Kier alpha value is -1.07. The summed E-state index contributed by atoms with van der Waals surface area (Å²) < 4.78 is 31.3. The van der Waals surface area contributed by atoms with Crippen LogP contribution in [0.4, 0.5) is 0 Å². The summed E-state index contributed by atoms with van der Waals surface area (Å²) in [6.45, 7) is 7.08. The maximum atomic E-state index is 11.1. The largest absolute Gasteiger partial charge is 0.508 e. The van der Waals surface area contributed by atoms with Gasteiger partial charge in [-0.3, -0.25) is 4.55 Å². The Morgan fingerprint density at radius 1 is 1.19 bits per heavy atom. The maximum Gasteiger partial charge on any atom is 0.294 e. The predicted molar refractivity (Wildman–Crippen MR) is 61.4 cm³/mol. The molecule has 0 saturated carbocycles. The highest BCUT2D eigenvalue weighted by Crippen LogP contribution is 2.34. The first kappa shape index (κ1) is 13.0. The van der Waals surface area contributed by atoms with Crippen LogP contribution in [0.3, 0.4) is 0 Å². The number of phenolic OH excluding ortho intramolecular Hbond substituents is 1.